The number of likely N-dealkylation sites (tertiary alicyclic amines) is 1. The summed E-state index contributed by atoms with van der Waals surface area (Å²) in [5, 5.41) is 14.8. The highest BCUT2D eigenvalue weighted by molar-refractivity contribution is 5.77. The van der Waals surface area contributed by atoms with E-state index < -0.39 is 5.60 Å². The Bertz CT molecular complexity index is 778. The lowest BCUT2D eigenvalue weighted by atomic mass is 9.66. The Hall–Kier alpha value is -1.79. The van der Waals surface area contributed by atoms with Crippen LogP contribution in [0.1, 0.15) is 75.8 Å². The second-order valence-electron chi connectivity index (χ2n) is 9.78. The van der Waals surface area contributed by atoms with Gasteiger partial charge in [0.2, 0.25) is 6.79 Å². The number of carbonyl (C=O) groups excluding carboxylic acids is 1. The molecular formula is C24H35N2O4+. The fraction of sp³-hybridized carbons (Fsp3) is 0.708. The summed E-state index contributed by atoms with van der Waals surface area (Å²) in [5.74, 6) is 1.90. The van der Waals surface area contributed by atoms with Crippen LogP contribution in [0.25, 0.3) is 0 Å². The molecule has 0 bridgehead atoms. The first-order valence-corrected chi connectivity index (χ1v) is 11.9. The zero-order valence-corrected chi connectivity index (χ0v) is 17.8. The predicted octanol–water partition coefficient (Wildman–Crippen LogP) is 2.12. The monoisotopic (exact) mass is 415 g/mol. The van der Waals surface area contributed by atoms with Crippen molar-refractivity contribution in [3.63, 3.8) is 0 Å². The largest absolute Gasteiger partial charge is 0.454 e. The molecule has 2 aliphatic carbocycles. The molecule has 2 heterocycles. The topological polar surface area (TPSA) is 72.2 Å². The van der Waals surface area contributed by atoms with Gasteiger partial charge in [0.25, 0.3) is 5.91 Å². The van der Waals surface area contributed by atoms with Crippen LogP contribution < -0.4 is 19.7 Å². The van der Waals surface area contributed by atoms with E-state index in [0.29, 0.717) is 12.6 Å². The van der Waals surface area contributed by atoms with E-state index in [2.05, 4.69) is 17.4 Å². The SMILES string of the molecule is O=C(C[NH+]1CC[C@@]2(O)CCCC[C@H]2[C@@H]1c1ccc2c(c1)OCO2)NC1CCCCC1. The molecule has 0 radical (unpaired) electrons. The summed E-state index contributed by atoms with van der Waals surface area (Å²) in [6, 6.07) is 6.61. The number of fused-ring (bicyclic) bond motifs is 2. The van der Waals surface area contributed by atoms with Gasteiger partial charge in [0.1, 0.15) is 6.04 Å². The maximum atomic E-state index is 12.9. The second-order valence-corrected chi connectivity index (χ2v) is 9.78. The standard InChI is InChI=1S/C24H34N2O4/c27-22(25-18-6-2-1-3-7-18)15-26-13-12-24(28)11-5-4-8-19(24)23(26)17-9-10-20-21(14-17)30-16-29-20/h9-10,14,18-19,23,28H,1-8,11-13,15-16H2,(H,25,27)/p+1/t19-,23-,24-/m0/s1. The zero-order chi connectivity index (χ0) is 20.6. The van der Waals surface area contributed by atoms with Crippen molar-refractivity contribution in [1.82, 2.24) is 5.32 Å². The first kappa shape index (κ1) is 20.1. The third-order valence-corrected chi connectivity index (χ3v) is 7.90. The third-order valence-electron chi connectivity index (χ3n) is 7.90. The number of quaternary nitrogens is 1. The fourth-order valence-corrected chi connectivity index (χ4v) is 6.36. The molecule has 6 heteroatoms. The van der Waals surface area contributed by atoms with Gasteiger partial charge in [0.15, 0.2) is 18.0 Å². The molecule has 5 rings (SSSR count). The van der Waals surface area contributed by atoms with Gasteiger partial charge in [0.05, 0.1) is 12.1 Å². The van der Waals surface area contributed by atoms with Gasteiger partial charge in [-0.2, -0.15) is 0 Å². The molecule has 6 nitrogen and oxygen atoms in total. The van der Waals surface area contributed by atoms with Gasteiger partial charge in [-0.05, 0) is 43.9 Å². The summed E-state index contributed by atoms with van der Waals surface area (Å²) in [7, 11) is 0. The van der Waals surface area contributed by atoms with Crippen molar-refractivity contribution < 1.29 is 24.3 Å². The number of nitrogens with one attached hydrogen (secondary N) is 2. The van der Waals surface area contributed by atoms with E-state index in [1.165, 1.54) is 24.2 Å². The van der Waals surface area contributed by atoms with Crippen LogP contribution in [0.3, 0.4) is 0 Å². The predicted molar refractivity (Wildman–Crippen MR) is 113 cm³/mol. The minimum atomic E-state index is -0.608. The second kappa shape index (κ2) is 8.39. The number of benzene rings is 1. The Morgan fingerprint density at radius 3 is 2.73 bits per heavy atom. The van der Waals surface area contributed by atoms with E-state index in [1.54, 1.807) is 0 Å². The Morgan fingerprint density at radius 1 is 1.07 bits per heavy atom. The van der Waals surface area contributed by atoms with Crippen molar-refractivity contribution in [3.05, 3.63) is 23.8 Å². The summed E-state index contributed by atoms with van der Waals surface area (Å²) in [6.45, 7) is 1.56. The van der Waals surface area contributed by atoms with E-state index in [9.17, 15) is 9.90 Å². The number of carbonyl (C=O) groups is 1. The minimum Gasteiger partial charge on any atom is -0.454 e. The van der Waals surface area contributed by atoms with Crippen LogP contribution in [0, 0.1) is 5.92 Å². The molecule has 1 aromatic rings. The van der Waals surface area contributed by atoms with Crippen LogP contribution in [0.2, 0.25) is 0 Å². The summed E-state index contributed by atoms with van der Waals surface area (Å²) < 4.78 is 11.1. The Balaban J connectivity index is 1.38. The van der Waals surface area contributed by atoms with Crippen molar-refractivity contribution in [2.75, 3.05) is 19.9 Å². The quantitative estimate of drug-likeness (QED) is 0.704. The molecule has 0 aromatic heterocycles. The molecule has 3 fully saturated rings. The lowest BCUT2D eigenvalue weighted by molar-refractivity contribution is -0.937. The molecule has 2 saturated carbocycles. The normalized spacial score (nSPS) is 33.7. The van der Waals surface area contributed by atoms with E-state index in [-0.39, 0.29) is 24.7 Å². The van der Waals surface area contributed by atoms with Gasteiger partial charge < -0.3 is 24.8 Å². The first-order chi connectivity index (χ1) is 14.6. The fourth-order valence-electron chi connectivity index (χ4n) is 6.36. The maximum absolute atomic E-state index is 12.9. The van der Waals surface area contributed by atoms with E-state index >= 15 is 0 Å². The number of aliphatic hydroxyl groups is 1. The van der Waals surface area contributed by atoms with Crippen molar-refractivity contribution >= 4 is 5.91 Å². The number of ether oxygens (including phenoxy) is 2. The molecule has 1 aromatic carbocycles. The number of hydrogen-bond acceptors (Lipinski definition) is 4. The maximum Gasteiger partial charge on any atom is 0.275 e. The van der Waals surface area contributed by atoms with Gasteiger partial charge >= 0.3 is 0 Å². The average molecular weight is 416 g/mol. The van der Waals surface area contributed by atoms with Gasteiger partial charge in [-0.25, -0.2) is 0 Å². The molecule has 1 saturated heterocycles. The molecule has 30 heavy (non-hydrogen) atoms. The third kappa shape index (κ3) is 3.92. The molecule has 2 aliphatic heterocycles. The first-order valence-electron chi connectivity index (χ1n) is 11.9. The van der Waals surface area contributed by atoms with Crippen LogP contribution in [0.4, 0.5) is 0 Å². The average Bonchev–Trinajstić information content (AvgIpc) is 3.22. The molecule has 4 aliphatic rings. The summed E-state index contributed by atoms with van der Waals surface area (Å²) in [5.41, 5.74) is 0.549. The van der Waals surface area contributed by atoms with Gasteiger partial charge in [0, 0.05) is 23.9 Å². The summed E-state index contributed by atoms with van der Waals surface area (Å²) in [4.78, 5) is 14.2. The van der Waals surface area contributed by atoms with Crippen LogP contribution in [-0.2, 0) is 4.79 Å². The number of rotatable bonds is 4. The van der Waals surface area contributed by atoms with Crippen LogP contribution in [0.5, 0.6) is 11.5 Å². The molecule has 1 amide bonds. The Kier molecular flexibility index (Phi) is 5.63. The summed E-state index contributed by atoms with van der Waals surface area (Å²) >= 11 is 0. The molecule has 4 atom stereocenters. The van der Waals surface area contributed by atoms with Gasteiger partial charge in [-0.3, -0.25) is 4.79 Å². The van der Waals surface area contributed by atoms with Crippen LogP contribution in [-0.4, -0.2) is 42.5 Å². The van der Waals surface area contributed by atoms with Crippen molar-refractivity contribution in [3.8, 4) is 11.5 Å². The van der Waals surface area contributed by atoms with E-state index in [4.69, 9.17) is 9.47 Å². The van der Waals surface area contributed by atoms with Crippen molar-refractivity contribution in [1.29, 1.82) is 0 Å². The molecular weight excluding hydrogens is 380 g/mol. The van der Waals surface area contributed by atoms with E-state index in [1.807, 2.05) is 6.07 Å². The lowest BCUT2D eigenvalue weighted by Gasteiger charge is -2.50. The van der Waals surface area contributed by atoms with Gasteiger partial charge in [-0.15, -0.1) is 0 Å². The van der Waals surface area contributed by atoms with Gasteiger partial charge in [-0.1, -0.05) is 32.1 Å². The van der Waals surface area contributed by atoms with Crippen molar-refractivity contribution in [2.45, 2.75) is 81.9 Å². The minimum absolute atomic E-state index is 0.107. The zero-order valence-electron chi connectivity index (χ0n) is 17.8. The summed E-state index contributed by atoms with van der Waals surface area (Å²) in [6.07, 6.45) is 10.9. The molecule has 164 valence electrons. The lowest BCUT2D eigenvalue weighted by Crippen LogP contribution is -3.16. The highest BCUT2D eigenvalue weighted by Gasteiger charge is 2.52. The number of hydrogen-bond donors (Lipinski definition) is 3. The highest BCUT2D eigenvalue weighted by atomic mass is 16.7. The Morgan fingerprint density at radius 2 is 1.87 bits per heavy atom. The smallest absolute Gasteiger partial charge is 0.275 e. The molecule has 0 spiro atoms. The molecule has 3 N–H and O–H groups in total. The molecule has 1 unspecified atom stereocenters. The number of piperidine rings is 1. The van der Waals surface area contributed by atoms with Crippen LogP contribution >= 0.6 is 0 Å². The highest BCUT2D eigenvalue weighted by Crippen LogP contribution is 2.45. The van der Waals surface area contributed by atoms with Crippen LogP contribution in [0.15, 0.2) is 18.2 Å². The number of amides is 1. The Labute approximate surface area is 178 Å². The van der Waals surface area contributed by atoms with Crippen molar-refractivity contribution in [2.24, 2.45) is 5.92 Å². The van der Waals surface area contributed by atoms with E-state index in [0.717, 1.165) is 68.6 Å².